The molecule has 4 rings (SSSR count). The van der Waals surface area contributed by atoms with Gasteiger partial charge in [0.1, 0.15) is 11.4 Å². The van der Waals surface area contributed by atoms with Crippen LogP contribution in [0.15, 0.2) is 42.5 Å². The molecule has 0 bridgehead atoms. The zero-order valence-corrected chi connectivity index (χ0v) is 15.7. The van der Waals surface area contributed by atoms with Crippen LogP contribution in [-0.4, -0.2) is 16.5 Å². The van der Waals surface area contributed by atoms with Crippen molar-refractivity contribution >= 4 is 34.5 Å². The second-order valence-corrected chi connectivity index (χ2v) is 7.50. The number of benzene rings is 2. The van der Waals surface area contributed by atoms with Crippen LogP contribution in [0.2, 0.25) is 0 Å². The Labute approximate surface area is 159 Å². The van der Waals surface area contributed by atoms with E-state index < -0.39 is 0 Å². The predicted octanol–water partition coefficient (Wildman–Crippen LogP) is 4.69. The predicted molar refractivity (Wildman–Crippen MR) is 109 cm³/mol. The first-order valence-corrected chi connectivity index (χ1v) is 9.19. The van der Waals surface area contributed by atoms with E-state index in [1.54, 1.807) is 0 Å². The average Bonchev–Trinajstić information content (AvgIpc) is 2.83. The molecule has 4 nitrogen and oxygen atoms in total. The third-order valence-electron chi connectivity index (χ3n) is 5.54. The van der Waals surface area contributed by atoms with E-state index in [9.17, 15) is 5.26 Å². The smallest absolute Gasteiger partial charge is 0.187 e. The third-order valence-corrected chi connectivity index (χ3v) is 5.90. The third kappa shape index (κ3) is 2.26. The van der Waals surface area contributed by atoms with E-state index in [0.29, 0.717) is 16.5 Å². The number of amidine groups is 1. The Morgan fingerprint density at radius 1 is 1.08 bits per heavy atom. The standard InChI is InChI=1S/C21H20N4S/c1-14-4-7-17(8-5-14)25-20(26)24(19(23)21(25)10-3-11-21)18-9-6-16(13-22)15(2)12-18/h4-9,12,23H,3,10-11H2,1-2H3. The van der Waals surface area contributed by atoms with Crippen LogP contribution in [0.25, 0.3) is 0 Å². The molecule has 5 heteroatoms. The molecule has 1 aliphatic carbocycles. The first-order chi connectivity index (χ1) is 12.5. The number of nitrogens with zero attached hydrogens (tertiary/aromatic N) is 3. The molecule has 1 spiro atoms. The van der Waals surface area contributed by atoms with Gasteiger partial charge in [-0.25, -0.2) is 0 Å². The maximum absolute atomic E-state index is 9.18. The van der Waals surface area contributed by atoms with Crippen molar-refractivity contribution in [1.29, 1.82) is 10.7 Å². The van der Waals surface area contributed by atoms with Crippen molar-refractivity contribution in [3.8, 4) is 6.07 Å². The van der Waals surface area contributed by atoms with Gasteiger partial charge in [0.2, 0.25) is 0 Å². The van der Waals surface area contributed by atoms with E-state index in [1.807, 2.05) is 30.0 Å². The molecular weight excluding hydrogens is 340 g/mol. The molecule has 1 N–H and O–H groups in total. The highest BCUT2D eigenvalue weighted by Crippen LogP contribution is 2.48. The summed E-state index contributed by atoms with van der Waals surface area (Å²) in [6, 6.07) is 16.2. The van der Waals surface area contributed by atoms with Gasteiger partial charge >= 0.3 is 0 Å². The Morgan fingerprint density at radius 3 is 2.27 bits per heavy atom. The van der Waals surface area contributed by atoms with Gasteiger partial charge in [-0.05, 0) is 81.2 Å². The minimum absolute atomic E-state index is 0.339. The molecule has 26 heavy (non-hydrogen) atoms. The SMILES string of the molecule is Cc1ccc(N2C(=S)N(c3ccc(C#N)c(C)c3)C(=N)C23CCC3)cc1. The molecule has 2 aromatic rings. The van der Waals surface area contributed by atoms with Crippen molar-refractivity contribution in [2.75, 3.05) is 9.80 Å². The lowest BCUT2D eigenvalue weighted by molar-refractivity contribution is 0.349. The van der Waals surface area contributed by atoms with Gasteiger partial charge in [0.15, 0.2) is 5.11 Å². The summed E-state index contributed by atoms with van der Waals surface area (Å²) >= 11 is 5.84. The number of hydrogen-bond donors (Lipinski definition) is 1. The molecule has 2 aliphatic rings. The van der Waals surface area contributed by atoms with Gasteiger partial charge in [-0.3, -0.25) is 10.3 Å². The van der Waals surface area contributed by atoms with Gasteiger partial charge in [-0.2, -0.15) is 5.26 Å². The van der Waals surface area contributed by atoms with Crippen molar-refractivity contribution in [3.63, 3.8) is 0 Å². The van der Waals surface area contributed by atoms with E-state index >= 15 is 0 Å². The maximum Gasteiger partial charge on any atom is 0.187 e. The van der Waals surface area contributed by atoms with Crippen molar-refractivity contribution in [3.05, 3.63) is 59.2 Å². The Kier molecular flexibility index (Phi) is 3.82. The first kappa shape index (κ1) is 16.7. The number of rotatable bonds is 2. The average molecular weight is 360 g/mol. The number of nitriles is 1. The maximum atomic E-state index is 9.18. The summed E-state index contributed by atoms with van der Waals surface area (Å²) in [6.45, 7) is 3.99. The Hall–Kier alpha value is -2.71. The number of anilines is 2. The van der Waals surface area contributed by atoms with E-state index in [0.717, 1.165) is 36.2 Å². The highest BCUT2D eigenvalue weighted by atomic mass is 32.1. The zero-order chi connectivity index (χ0) is 18.5. The second-order valence-electron chi connectivity index (χ2n) is 7.13. The van der Waals surface area contributed by atoms with Crippen LogP contribution >= 0.6 is 12.2 Å². The van der Waals surface area contributed by atoms with Crippen LogP contribution in [0, 0.1) is 30.6 Å². The molecule has 0 aromatic heterocycles. The molecule has 130 valence electrons. The van der Waals surface area contributed by atoms with Gasteiger partial charge in [0.25, 0.3) is 0 Å². The molecule has 2 fully saturated rings. The zero-order valence-electron chi connectivity index (χ0n) is 14.9. The van der Waals surface area contributed by atoms with E-state index in [1.165, 1.54) is 5.56 Å². The van der Waals surface area contributed by atoms with Gasteiger partial charge in [0, 0.05) is 11.4 Å². The summed E-state index contributed by atoms with van der Waals surface area (Å²) in [5.74, 6) is 0.540. The van der Waals surface area contributed by atoms with Crippen LogP contribution in [0.3, 0.4) is 0 Å². The lowest BCUT2D eigenvalue weighted by atomic mass is 9.75. The first-order valence-electron chi connectivity index (χ1n) is 8.79. The number of thiocarbonyl (C=S) groups is 1. The Bertz CT molecular complexity index is 951. The lowest BCUT2D eigenvalue weighted by Gasteiger charge is -2.44. The van der Waals surface area contributed by atoms with Gasteiger partial charge < -0.3 is 4.90 Å². The highest BCUT2D eigenvalue weighted by molar-refractivity contribution is 7.81. The summed E-state index contributed by atoms with van der Waals surface area (Å²) in [6.07, 6.45) is 2.98. The van der Waals surface area contributed by atoms with Crippen LogP contribution in [0.1, 0.15) is 36.0 Å². The van der Waals surface area contributed by atoms with E-state index in [2.05, 4.69) is 42.2 Å². The van der Waals surface area contributed by atoms with Crippen LogP contribution < -0.4 is 9.80 Å². The summed E-state index contributed by atoms with van der Waals surface area (Å²) in [4.78, 5) is 4.02. The summed E-state index contributed by atoms with van der Waals surface area (Å²) in [7, 11) is 0. The van der Waals surface area contributed by atoms with Crippen LogP contribution in [0.4, 0.5) is 11.4 Å². The molecule has 0 radical (unpaired) electrons. The molecule has 1 aliphatic heterocycles. The van der Waals surface area contributed by atoms with Gasteiger partial charge in [0.05, 0.1) is 11.6 Å². The Balaban J connectivity index is 1.80. The second kappa shape index (κ2) is 5.93. The van der Waals surface area contributed by atoms with Crippen molar-refractivity contribution in [2.24, 2.45) is 0 Å². The van der Waals surface area contributed by atoms with Crippen molar-refractivity contribution < 1.29 is 0 Å². The minimum atomic E-state index is -0.339. The normalized spacial score (nSPS) is 18.2. The van der Waals surface area contributed by atoms with Crippen LogP contribution in [-0.2, 0) is 0 Å². The molecule has 0 atom stereocenters. The van der Waals surface area contributed by atoms with Gasteiger partial charge in [-0.15, -0.1) is 0 Å². The monoisotopic (exact) mass is 360 g/mol. The number of hydrogen-bond acceptors (Lipinski definition) is 3. The number of aryl methyl sites for hydroxylation is 2. The topological polar surface area (TPSA) is 54.1 Å². The molecule has 0 amide bonds. The highest BCUT2D eigenvalue weighted by Gasteiger charge is 2.57. The van der Waals surface area contributed by atoms with Crippen LogP contribution in [0.5, 0.6) is 0 Å². The summed E-state index contributed by atoms with van der Waals surface area (Å²) in [5, 5.41) is 18.7. The summed E-state index contributed by atoms with van der Waals surface area (Å²) in [5.41, 5.74) is 4.32. The molecule has 1 saturated heterocycles. The molecule has 2 aromatic carbocycles. The van der Waals surface area contributed by atoms with Crippen molar-refractivity contribution in [1.82, 2.24) is 0 Å². The fourth-order valence-electron chi connectivity index (χ4n) is 3.87. The van der Waals surface area contributed by atoms with Gasteiger partial charge in [-0.1, -0.05) is 17.7 Å². The van der Waals surface area contributed by atoms with E-state index in [4.69, 9.17) is 17.6 Å². The lowest BCUT2D eigenvalue weighted by Crippen LogP contribution is -2.55. The minimum Gasteiger partial charge on any atom is -0.305 e. The molecule has 0 unspecified atom stereocenters. The molecule has 1 saturated carbocycles. The quantitative estimate of drug-likeness (QED) is 0.790. The largest absolute Gasteiger partial charge is 0.305 e. The number of nitrogens with one attached hydrogen (secondary N) is 1. The summed E-state index contributed by atoms with van der Waals surface area (Å²) < 4.78 is 0. The fourth-order valence-corrected chi connectivity index (χ4v) is 4.34. The van der Waals surface area contributed by atoms with Crippen molar-refractivity contribution in [2.45, 2.75) is 38.6 Å². The molecular formula is C21H20N4S. The fraction of sp³-hybridized carbons (Fsp3) is 0.286. The van der Waals surface area contributed by atoms with E-state index in [-0.39, 0.29) is 5.54 Å². The Morgan fingerprint density at radius 2 is 1.73 bits per heavy atom. The molecule has 1 heterocycles.